The fourth-order valence-electron chi connectivity index (χ4n) is 3.53. The van der Waals surface area contributed by atoms with Crippen molar-refractivity contribution in [2.75, 3.05) is 6.54 Å². The molecule has 190 valence electrons. The van der Waals surface area contributed by atoms with E-state index in [9.17, 15) is 26.4 Å². The van der Waals surface area contributed by atoms with E-state index in [-0.39, 0.29) is 29.3 Å². The number of alkyl halides is 3. The molecule has 1 amide bonds. The monoisotopic (exact) mass is 509 g/mol. The van der Waals surface area contributed by atoms with Crippen molar-refractivity contribution in [3.63, 3.8) is 0 Å². The minimum Gasteiger partial charge on any atom is -0.342 e. The summed E-state index contributed by atoms with van der Waals surface area (Å²) in [5, 5.41) is 12.9. The maximum atomic E-state index is 14.0. The van der Waals surface area contributed by atoms with Crippen molar-refractivity contribution < 1.29 is 26.4 Å². The van der Waals surface area contributed by atoms with Gasteiger partial charge >= 0.3 is 6.18 Å². The summed E-state index contributed by atoms with van der Waals surface area (Å²) in [5.74, 6) is -0.721. The Morgan fingerprint density at radius 2 is 1.49 bits per heavy atom. The van der Waals surface area contributed by atoms with Crippen LogP contribution in [0.3, 0.4) is 0 Å². The number of carbonyl (C=O) groups excluding carboxylic acids is 1. The van der Waals surface area contributed by atoms with E-state index < -0.39 is 39.3 Å². The Hall–Kier alpha value is -2.90. The zero-order valence-corrected chi connectivity index (χ0v) is 20.9. The van der Waals surface area contributed by atoms with Gasteiger partial charge in [-0.25, -0.2) is 8.42 Å². The van der Waals surface area contributed by atoms with Crippen LogP contribution in [0.5, 0.6) is 0 Å². The summed E-state index contributed by atoms with van der Waals surface area (Å²) in [5.41, 5.74) is 1.21. The smallest absolute Gasteiger partial charge is 0.342 e. The van der Waals surface area contributed by atoms with E-state index in [1.807, 2.05) is 0 Å². The Kier molecular flexibility index (Phi) is 9.46. The van der Waals surface area contributed by atoms with E-state index >= 15 is 0 Å². The lowest BCUT2D eigenvalue weighted by atomic mass is 9.97. The SMILES string of the molecule is CC(C)C[C@H](N[C@@H](c1ccc(-c2ccc(S(=O)(=O)C(C)C)cc2)cc1)C(F)(F)F)C(=O)NCC#N. The first kappa shape index (κ1) is 28.3. The van der Waals surface area contributed by atoms with Crippen molar-refractivity contribution in [2.45, 2.75) is 62.5 Å². The maximum Gasteiger partial charge on any atom is 0.407 e. The molecule has 0 spiro atoms. The number of carbonyl (C=O) groups is 1. The van der Waals surface area contributed by atoms with Crippen molar-refractivity contribution >= 4 is 15.7 Å². The molecule has 0 aliphatic carbocycles. The van der Waals surface area contributed by atoms with Gasteiger partial charge in [0.1, 0.15) is 12.6 Å². The number of sulfone groups is 1. The first-order valence-electron chi connectivity index (χ1n) is 11.2. The standard InChI is InChI=1S/C25H30F3N3O3S/c1-16(2)15-22(24(32)30-14-13-29)31-23(25(26,27)28)20-7-5-18(6-8-20)19-9-11-21(12-10-19)35(33,34)17(3)4/h5-12,16-17,22-23,31H,14-15H2,1-4H3,(H,30,32)/t22-,23-/m0/s1. The molecule has 0 unspecified atom stereocenters. The number of benzene rings is 2. The van der Waals surface area contributed by atoms with Crippen molar-refractivity contribution in [1.29, 1.82) is 5.26 Å². The molecule has 2 rings (SSSR count). The summed E-state index contributed by atoms with van der Waals surface area (Å²) in [4.78, 5) is 12.6. The predicted molar refractivity (Wildman–Crippen MR) is 128 cm³/mol. The van der Waals surface area contributed by atoms with Crippen molar-refractivity contribution in [1.82, 2.24) is 10.6 Å². The van der Waals surface area contributed by atoms with Crippen LogP contribution < -0.4 is 10.6 Å². The van der Waals surface area contributed by atoms with E-state index in [1.165, 1.54) is 36.4 Å². The molecular weight excluding hydrogens is 479 g/mol. The largest absolute Gasteiger partial charge is 0.407 e. The highest BCUT2D eigenvalue weighted by atomic mass is 32.2. The van der Waals surface area contributed by atoms with Gasteiger partial charge in [0.15, 0.2) is 9.84 Å². The van der Waals surface area contributed by atoms with Crippen LogP contribution in [0.4, 0.5) is 13.2 Å². The number of nitriles is 1. The molecule has 0 radical (unpaired) electrons. The molecule has 0 saturated carbocycles. The molecular formula is C25H30F3N3O3S. The predicted octanol–water partition coefficient (Wildman–Crippen LogP) is 4.78. The molecule has 0 aromatic heterocycles. The van der Waals surface area contributed by atoms with Crippen LogP contribution in [0.2, 0.25) is 0 Å². The normalized spacial score (nSPS) is 13.9. The van der Waals surface area contributed by atoms with E-state index in [4.69, 9.17) is 5.26 Å². The fraction of sp³-hybridized carbons (Fsp3) is 0.440. The average Bonchev–Trinajstić information content (AvgIpc) is 2.79. The Labute approximate surface area is 204 Å². The first-order chi connectivity index (χ1) is 16.3. The maximum absolute atomic E-state index is 14.0. The van der Waals surface area contributed by atoms with E-state index in [0.717, 1.165) is 0 Å². The number of nitrogens with one attached hydrogen (secondary N) is 2. The highest BCUT2D eigenvalue weighted by Gasteiger charge is 2.42. The van der Waals surface area contributed by atoms with Gasteiger partial charge in [-0.2, -0.15) is 18.4 Å². The molecule has 6 nitrogen and oxygen atoms in total. The van der Waals surface area contributed by atoms with Gasteiger partial charge in [-0.1, -0.05) is 50.2 Å². The molecule has 35 heavy (non-hydrogen) atoms. The van der Waals surface area contributed by atoms with Crippen LogP contribution >= 0.6 is 0 Å². The van der Waals surface area contributed by atoms with Crippen LogP contribution in [0.25, 0.3) is 11.1 Å². The summed E-state index contributed by atoms with van der Waals surface area (Å²) >= 11 is 0. The fourth-order valence-corrected chi connectivity index (χ4v) is 4.59. The second-order valence-corrected chi connectivity index (χ2v) is 11.4. The number of halogens is 3. The molecule has 0 saturated heterocycles. The first-order valence-corrected chi connectivity index (χ1v) is 12.7. The van der Waals surface area contributed by atoms with Crippen molar-refractivity contribution in [2.24, 2.45) is 5.92 Å². The third-order valence-electron chi connectivity index (χ3n) is 5.44. The highest BCUT2D eigenvalue weighted by Crippen LogP contribution is 2.35. The van der Waals surface area contributed by atoms with Crippen LogP contribution in [0, 0.1) is 17.2 Å². The van der Waals surface area contributed by atoms with Crippen LogP contribution in [0.1, 0.15) is 45.7 Å². The Bertz CT molecular complexity index is 1140. The minimum atomic E-state index is -4.67. The van der Waals surface area contributed by atoms with Gasteiger partial charge < -0.3 is 5.32 Å². The minimum absolute atomic E-state index is 0.0564. The Balaban J connectivity index is 2.31. The summed E-state index contributed by atoms with van der Waals surface area (Å²) in [7, 11) is -3.43. The average molecular weight is 510 g/mol. The summed E-state index contributed by atoms with van der Waals surface area (Å²) in [6.07, 6.45) is -4.51. The van der Waals surface area contributed by atoms with Gasteiger partial charge in [0.2, 0.25) is 5.91 Å². The zero-order valence-electron chi connectivity index (χ0n) is 20.1. The van der Waals surface area contributed by atoms with Crippen LogP contribution in [0.15, 0.2) is 53.4 Å². The molecule has 0 fully saturated rings. The molecule has 0 aliphatic heterocycles. The second kappa shape index (κ2) is 11.7. The third-order valence-corrected chi connectivity index (χ3v) is 7.61. The number of hydrogen-bond donors (Lipinski definition) is 2. The van der Waals surface area contributed by atoms with Gasteiger partial charge in [-0.15, -0.1) is 0 Å². The second-order valence-electron chi connectivity index (χ2n) is 8.94. The number of amides is 1. The van der Waals surface area contributed by atoms with E-state index in [1.54, 1.807) is 45.9 Å². The lowest BCUT2D eigenvalue weighted by Crippen LogP contribution is -2.49. The van der Waals surface area contributed by atoms with Crippen LogP contribution in [-0.2, 0) is 14.6 Å². The lowest BCUT2D eigenvalue weighted by molar-refractivity contribution is -0.161. The van der Waals surface area contributed by atoms with E-state index in [2.05, 4.69) is 10.6 Å². The number of rotatable bonds is 10. The Morgan fingerprint density at radius 3 is 1.91 bits per heavy atom. The molecule has 2 N–H and O–H groups in total. The van der Waals surface area contributed by atoms with Crippen molar-refractivity contribution in [3.05, 3.63) is 54.1 Å². The molecule has 10 heteroatoms. The van der Waals surface area contributed by atoms with Gasteiger partial charge in [0.05, 0.1) is 22.3 Å². The zero-order chi connectivity index (χ0) is 26.4. The number of hydrogen-bond acceptors (Lipinski definition) is 5. The van der Waals surface area contributed by atoms with Crippen molar-refractivity contribution in [3.8, 4) is 17.2 Å². The highest BCUT2D eigenvalue weighted by molar-refractivity contribution is 7.92. The quantitative estimate of drug-likeness (QED) is 0.449. The van der Waals surface area contributed by atoms with Gasteiger partial charge in [-0.3, -0.25) is 10.1 Å². The number of nitrogens with zero attached hydrogens (tertiary/aromatic N) is 1. The molecule has 2 aromatic rings. The van der Waals surface area contributed by atoms with E-state index in [0.29, 0.717) is 11.1 Å². The molecule has 0 heterocycles. The summed E-state index contributed by atoms with van der Waals surface area (Å²) in [6.45, 7) is 6.47. The molecule has 2 atom stereocenters. The van der Waals surface area contributed by atoms with Crippen LogP contribution in [-0.4, -0.2) is 38.3 Å². The molecule has 0 bridgehead atoms. The van der Waals surface area contributed by atoms with Gasteiger partial charge in [0.25, 0.3) is 0 Å². The topological polar surface area (TPSA) is 99.1 Å². The molecule has 0 aliphatic rings. The lowest BCUT2D eigenvalue weighted by Gasteiger charge is -2.28. The van der Waals surface area contributed by atoms with Gasteiger partial charge in [0, 0.05) is 0 Å². The van der Waals surface area contributed by atoms with Gasteiger partial charge in [-0.05, 0) is 55.0 Å². The Morgan fingerprint density at radius 1 is 0.971 bits per heavy atom. The molecule has 2 aromatic carbocycles. The third kappa shape index (κ3) is 7.54. The summed E-state index contributed by atoms with van der Waals surface area (Å²) in [6, 6.07) is 10.4. The summed E-state index contributed by atoms with van der Waals surface area (Å²) < 4.78 is 66.5.